The zero-order valence-electron chi connectivity index (χ0n) is 13.7. The minimum atomic E-state index is -3.75. The fraction of sp³-hybridized carbons (Fsp3) is 0.429. The van der Waals surface area contributed by atoms with E-state index in [2.05, 4.69) is 4.98 Å². The van der Waals surface area contributed by atoms with Crippen molar-refractivity contribution in [1.29, 1.82) is 0 Å². The molecule has 2 N–H and O–H groups in total. The smallest absolute Gasteiger partial charge is 0.265 e. The van der Waals surface area contributed by atoms with E-state index in [0.717, 1.165) is 15.6 Å². The summed E-state index contributed by atoms with van der Waals surface area (Å²) in [5, 5.41) is 0.894. The van der Waals surface area contributed by atoms with Crippen LogP contribution in [0.1, 0.15) is 39.0 Å². The van der Waals surface area contributed by atoms with Gasteiger partial charge < -0.3 is 10.3 Å². The van der Waals surface area contributed by atoms with Crippen LogP contribution < -0.4 is 5.73 Å². The summed E-state index contributed by atoms with van der Waals surface area (Å²) in [4.78, 5) is 16.6. The van der Waals surface area contributed by atoms with Gasteiger partial charge in [0.2, 0.25) is 10.0 Å². The molecule has 2 heterocycles. The van der Waals surface area contributed by atoms with E-state index in [0.29, 0.717) is 0 Å². The highest BCUT2D eigenvalue weighted by atomic mass is 32.2. The van der Waals surface area contributed by atoms with E-state index < -0.39 is 15.9 Å². The van der Waals surface area contributed by atoms with Gasteiger partial charge in [-0.15, -0.1) is 11.3 Å². The second-order valence-corrected chi connectivity index (χ2v) is 8.65. The summed E-state index contributed by atoms with van der Waals surface area (Å²) in [7, 11) is -0.644. The summed E-state index contributed by atoms with van der Waals surface area (Å²) in [5.74, 6) is -0.668. The number of amides is 1. The molecular weight excluding hydrogens is 336 g/mol. The number of nitrogens with zero attached hydrogens (tertiary/aromatic N) is 3. The van der Waals surface area contributed by atoms with Crippen LogP contribution in [0.4, 0.5) is 0 Å². The molecule has 1 atom stereocenters. The summed E-state index contributed by atoms with van der Waals surface area (Å²) >= 11 is 1.48. The second-order valence-electron chi connectivity index (χ2n) is 5.42. The third kappa shape index (κ3) is 3.17. The van der Waals surface area contributed by atoms with Crippen LogP contribution in [0.5, 0.6) is 0 Å². The number of hydrogen-bond acceptors (Lipinski definition) is 5. The third-order valence-electron chi connectivity index (χ3n) is 3.77. The van der Waals surface area contributed by atoms with Crippen LogP contribution >= 0.6 is 11.3 Å². The molecule has 0 radical (unpaired) electrons. The molecule has 2 aromatic rings. The van der Waals surface area contributed by atoms with Crippen molar-refractivity contribution in [3.8, 4) is 0 Å². The molecule has 0 aromatic carbocycles. The molecule has 0 fully saturated rings. The van der Waals surface area contributed by atoms with Crippen LogP contribution in [0.2, 0.25) is 0 Å². The van der Waals surface area contributed by atoms with Gasteiger partial charge in [-0.25, -0.2) is 13.4 Å². The maximum atomic E-state index is 12.8. The molecule has 2 rings (SSSR count). The third-order valence-corrected chi connectivity index (χ3v) is 6.91. The van der Waals surface area contributed by atoms with Crippen molar-refractivity contribution in [3.63, 3.8) is 0 Å². The maximum absolute atomic E-state index is 12.8. The molecule has 0 aliphatic rings. The van der Waals surface area contributed by atoms with Gasteiger partial charge >= 0.3 is 0 Å². The standard InChI is InChI=1S/C14H20N4O3S2/c1-8-13(22-10(3)16-8)9(2)18(5)23(20,21)11-6-12(14(15)19)17(4)7-11/h6-7,9H,1-5H3,(H2,15,19). The van der Waals surface area contributed by atoms with Gasteiger partial charge in [0.25, 0.3) is 5.91 Å². The first-order valence-corrected chi connectivity index (χ1v) is 9.19. The van der Waals surface area contributed by atoms with E-state index in [1.807, 2.05) is 20.8 Å². The Hall–Kier alpha value is -1.71. The lowest BCUT2D eigenvalue weighted by Gasteiger charge is -2.23. The van der Waals surface area contributed by atoms with E-state index in [1.54, 1.807) is 7.05 Å². The SMILES string of the molecule is Cc1nc(C)c(C(C)N(C)S(=O)(=O)c2cc(C(N)=O)n(C)c2)s1. The quantitative estimate of drug-likeness (QED) is 0.879. The van der Waals surface area contributed by atoms with E-state index in [4.69, 9.17) is 5.73 Å². The first kappa shape index (κ1) is 17.6. The number of carbonyl (C=O) groups excluding carboxylic acids is 1. The Morgan fingerprint density at radius 1 is 1.43 bits per heavy atom. The molecule has 126 valence electrons. The van der Waals surface area contributed by atoms with Gasteiger partial charge in [0.15, 0.2) is 0 Å². The lowest BCUT2D eigenvalue weighted by molar-refractivity contribution is 0.0992. The molecule has 1 unspecified atom stereocenters. The molecular formula is C14H20N4O3S2. The number of nitrogens with two attached hydrogens (primary N) is 1. The van der Waals surface area contributed by atoms with Gasteiger partial charge in [0.05, 0.1) is 16.7 Å². The Kier molecular flexibility index (Phi) is 4.65. The molecule has 0 spiro atoms. The monoisotopic (exact) mass is 356 g/mol. The number of rotatable bonds is 5. The minimum absolute atomic E-state index is 0.0436. The van der Waals surface area contributed by atoms with Crippen molar-refractivity contribution >= 4 is 27.3 Å². The van der Waals surface area contributed by atoms with Gasteiger partial charge in [-0.05, 0) is 26.8 Å². The number of aromatic nitrogens is 2. The first-order valence-electron chi connectivity index (χ1n) is 6.93. The number of carbonyl (C=O) groups is 1. The van der Waals surface area contributed by atoms with Crippen molar-refractivity contribution in [3.05, 3.63) is 33.5 Å². The Bertz CT molecular complexity index is 851. The Balaban J connectivity index is 2.40. The molecule has 0 bridgehead atoms. The number of sulfonamides is 1. The number of hydrogen-bond donors (Lipinski definition) is 1. The lowest BCUT2D eigenvalue weighted by atomic mass is 10.2. The Morgan fingerprint density at radius 2 is 2.04 bits per heavy atom. The van der Waals surface area contributed by atoms with Gasteiger partial charge in [0.1, 0.15) is 10.6 Å². The predicted octanol–water partition coefficient (Wildman–Crippen LogP) is 1.58. The van der Waals surface area contributed by atoms with Gasteiger partial charge in [-0.1, -0.05) is 0 Å². The summed E-state index contributed by atoms with van der Waals surface area (Å²) in [6, 6.07) is 0.939. The van der Waals surface area contributed by atoms with Crippen LogP contribution in [0.15, 0.2) is 17.2 Å². The largest absolute Gasteiger partial charge is 0.364 e. The maximum Gasteiger partial charge on any atom is 0.265 e. The van der Waals surface area contributed by atoms with Gasteiger partial charge in [0, 0.05) is 25.2 Å². The highest BCUT2D eigenvalue weighted by Crippen LogP contribution is 2.32. The van der Waals surface area contributed by atoms with Crippen molar-refractivity contribution in [2.24, 2.45) is 12.8 Å². The number of thiazole rings is 1. The van der Waals surface area contributed by atoms with Crippen LogP contribution in [0, 0.1) is 13.8 Å². The normalized spacial score (nSPS) is 13.5. The molecule has 1 amide bonds. The van der Waals surface area contributed by atoms with E-state index in [1.165, 1.54) is 39.5 Å². The first-order chi connectivity index (χ1) is 10.6. The van der Waals surface area contributed by atoms with Gasteiger partial charge in [-0.2, -0.15) is 4.31 Å². The minimum Gasteiger partial charge on any atom is -0.364 e. The Labute approximate surface area is 139 Å². The van der Waals surface area contributed by atoms with E-state index in [-0.39, 0.29) is 16.6 Å². The van der Waals surface area contributed by atoms with Crippen LogP contribution in [-0.4, -0.2) is 35.2 Å². The summed E-state index contributed by atoms with van der Waals surface area (Å²) < 4.78 is 28.3. The number of primary amides is 1. The van der Waals surface area contributed by atoms with E-state index >= 15 is 0 Å². The fourth-order valence-electron chi connectivity index (χ4n) is 2.39. The zero-order valence-corrected chi connectivity index (χ0v) is 15.3. The zero-order chi connectivity index (χ0) is 17.5. The van der Waals surface area contributed by atoms with Crippen molar-refractivity contribution in [2.75, 3.05) is 7.05 Å². The van der Waals surface area contributed by atoms with E-state index in [9.17, 15) is 13.2 Å². The molecule has 0 saturated carbocycles. The van der Waals surface area contributed by atoms with Crippen LogP contribution in [0.3, 0.4) is 0 Å². The van der Waals surface area contributed by atoms with Crippen molar-refractivity contribution in [1.82, 2.24) is 13.9 Å². The summed E-state index contributed by atoms with van der Waals surface area (Å²) in [6.45, 7) is 5.57. The van der Waals surface area contributed by atoms with Crippen molar-refractivity contribution in [2.45, 2.75) is 31.7 Å². The molecule has 23 heavy (non-hydrogen) atoms. The average molecular weight is 356 g/mol. The van der Waals surface area contributed by atoms with Crippen LogP contribution in [-0.2, 0) is 17.1 Å². The Morgan fingerprint density at radius 3 is 2.48 bits per heavy atom. The van der Waals surface area contributed by atoms with Gasteiger partial charge in [-0.3, -0.25) is 4.79 Å². The topological polar surface area (TPSA) is 98.3 Å². The van der Waals surface area contributed by atoms with Crippen molar-refractivity contribution < 1.29 is 13.2 Å². The lowest BCUT2D eigenvalue weighted by Crippen LogP contribution is -2.29. The molecule has 9 heteroatoms. The summed E-state index contributed by atoms with van der Waals surface area (Å²) in [5.41, 5.74) is 6.22. The molecule has 2 aromatic heterocycles. The molecule has 7 nitrogen and oxygen atoms in total. The molecule has 0 aliphatic heterocycles. The summed E-state index contributed by atoms with van der Waals surface area (Å²) in [6.07, 6.45) is 1.39. The number of aryl methyl sites for hydroxylation is 3. The highest BCUT2D eigenvalue weighted by molar-refractivity contribution is 7.89. The molecule has 0 aliphatic carbocycles. The average Bonchev–Trinajstić information content (AvgIpc) is 3.00. The predicted molar refractivity (Wildman–Crippen MR) is 88.9 cm³/mol. The second kappa shape index (κ2) is 6.06. The highest BCUT2D eigenvalue weighted by Gasteiger charge is 2.30. The molecule has 0 saturated heterocycles. The fourth-order valence-corrected chi connectivity index (χ4v) is 4.89. The van der Waals surface area contributed by atoms with Crippen LogP contribution in [0.25, 0.3) is 0 Å².